The Morgan fingerprint density at radius 3 is 2.12 bits per heavy atom. The second-order valence-electron chi connectivity index (χ2n) is 3.63. The first-order valence-corrected chi connectivity index (χ1v) is 8.12. The van der Waals surface area contributed by atoms with Crippen LogP contribution < -0.4 is 0 Å². The number of hydrogen-bond acceptors (Lipinski definition) is 2. The van der Waals surface area contributed by atoms with E-state index >= 15 is 0 Å². The zero-order valence-corrected chi connectivity index (χ0v) is 11.3. The summed E-state index contributed by atoms with van der Waals surface area (Å²) in [6.07, 6.45) is 2.08. The minimum atomic E-state index is -2.11. The van der Waals surface area contributed by atoms with Crippen molar-refractivity contribution in [1.82, 2.24) is 0 Å². The lowest BCUT2D eigenvalue weighted by atomic mass is 10.2. The van der Waals surface area contributed by atoms with E-state index in [1.54, 1.807) is 0 Å². The average molecular weight is 236 g/mol. The standard InChI is InChI=1S/C13H20O2Si/c1-4-14-16(3,15-5-2)12-11-13-9-7-6-8-10-13/h6-12H,4-5H2,1-3H3/b12-11+. The van der Waals surface area contributed by atoms with Gasteiger partial charge in [-0.05, 0) is 31.7 Å². The molecule has 1 aromatic carbocycles. The predicted octanol–water partition coefficient (Wildman–Crippen LogP) is 3.38. The monoisotopic (exact) mass is 236 g/mol. The van der Waals surface area contributed by atoms with Gasteiger partial charge in [-0.15, -0.1) is 0 Å². The average Bonchev–Trinajstić information content (AvgIpc) is 2.29. The van der Waals surface area contributed by atoms with Gasteiger partial charge in [-0.25, -0.2) is 0 Å². The topological polar surface area (TPSA) is 18.5 Å². The van der Waals surface area contributed by atoms with Gasteiger partial charge >= 0.3 is 8.56 Å². The van der Waals surface area contributed by atoms with E-state index in [1.807, 2.05) is 32.0 Å². The van der Waals surface area contributed by atoms with Crippen LogP contribution in [0.3, 0.4) is 0 Å². The van der Waals surface area contributed by atoms with Crippen LogP contribution in [-0.4, -0.2) is 21.8 Å². The summed E-state index contributed by atoms with van der Waals surface area (Å²) in [6.45, 7) is 7.46. The van der Waals surface area contributed by atoms with Crippen LogP contribution in [0.2, 0.25) is 6.55 Å². The first kappa shape index (κ1) is 13.2. The Labute approximate surface area is 99.2 Å². The molecule has 0 bridgehead atoms. The number of hydrogen-bond donors (Lipinski definition) is 0. The summed E-state index contributed by atoms with van der Waals surface area (Å²) in [4.78, 5) is 0. The molecule has 0 heterocycles. The van der Waals surface area contributed by atoms with E-state index in [2.05, 4.69) is 30.5 Å². The molecule has 0 amide bonds. The predicted molar refractivity (Wildman–Crippen MR) is 70.3 cm³/mol. The minimum Gasteiger partial charge on any atom is -0.392 e. The normalized spacial score (nSPS) is 12.2. The van der Waals surface area contributed by atoms with Gasteiger partial charge in [0.05, 0.1) is 0 Å². The molecule has 0 aromatic heterocycles. The molecule has 0 saturated carbocycles. The maximum Gasteiger partial charge on any atom is 0.361 e. The lowest BCUT2D eigenvalue weighted by molar-refractivity contribution is 0.201. The Morgan fingerprint density at radius 1 is 1.06 bits per heavy atom. The van der Waals surface area contributed by atoms with E-state index in [4.69, 9.17) is 8.85 Å². The minimum absolute atomic E-state index is 0.696. The van der Waals surface area contributed by atoms with Gasteiger partial charge in [0, 0.05) is 13.2 Å². The van der Waals surface area contributed by atoms with Crippen molar-refractivity contribution in [1.29, 1.82) is 0 Å². The molecular formula is C13H20O2Si. The fourth-order valence-electron chi connectivity index (χ4n) is 1.52. The van der Waals surface area contributed by atoms with Crippen LogP contribution in [0.15, 0.2) is 36.0 Å². The van der Waals surface area contributed by atoms with Crippen LogP contribution in [0, 0.1) is 0 Å². The van der Waals surface area contributed by atoms with Gasteiger partial charge < -0.3 is 8.85 Å². The summed E-state index contributed by atoms with van der Waals surface area (Å²) < 4.78 is 11.4. The van der Waals surface area contributed by atoms with Crippen molar-refractivity contribution in [2.24, 2.45) is 0 Å². The van der Waals surface area contributed by atoms with Crippen LogP contribution >= 0.6 is 0 Å². The Kier molecular flexibility index (Phi) is 5.45. The third kappa shape index (κ3) is 4.31. The van der Waals surface area contributed by atoms with Crippen molar-refractivity contribution >= 4 is 14.6 Å². The molecule has 0 aliphatic rings. The first-order chi connectivity index (χ1) is 7.70. The maximum absolute atomic E-state index is 5.72. The van der Waals surface area contributed by atoms with Crippen molar-refractivity contribution in [3.63, 3.8) is 0 Å². The molecule has 1 rings (SSSR count). The molecule has 0 saturated heterocycles. The van der Waals surface area contributed by atoms with Crippen molar-refractivity contribution in [3.8, 4) is 0 Å². The Hall–Kier alpha value is -0.903. The summed E-state index contributed by atoms with van der Waals surface area (Å²) in [7, 11) is -2.11. The molecule has 0 atom stereocenters. The van der Waals surface area contributed by atoms with Gasteiger partial charge in [0.1, 0.15) is 0 Å². The molecule has 0 aliphatic carbocycles. The Bertz CT molecular complexity index is 316. The fraction of sp³-hybridized carbons (Fsp3) is 0.385. The van der Waals surface area contributed by atoms with Gasteiger partial charge in [-0.1, -0.05) is 36.4 Å². The highest BCUT2D eigenvalue weighted by Gasteiger charge is 2.26. The SMILES string of the molecule is CCO[Si](C)(/C=C/c1ccccc1)OCC. The molecule has 0 aliphatic heterocycles. The lowest BCUT2D eigenvalue weighted by Gasteiger charge is -2.22. The van der Waals surface area contributed by atoms with Gasteiger partial charge in [0.15, 0.2) is 0 Å². The van der Waals surface area contributed by atoms with Crippen LogP contribution in [0.25, 0.3) is 6.08 Å². The molecular weight excluding hydrogens is 216 g/mol. The molecule has 0 fully saturated rings. The van der Waals surface area contributed by atoms with Gasteiger partial charge in [-0.2, -0.15) is 0 Å². The highest BCUT2D eigenvalue weighted by atomic mass is 28.4. The van der Waals surface area contributed by atoms with Crippen molar-refractivity contribution in [2.75, 3.05) is 13.2 Å². The summed E-state index contributed by atoms with van der Waals surface area (Å²) in [6, 6.07) is 10.2. The Balaban J connectivity index is 2.71. The third-order valence-corrected chi connectivity index (χ3v) is 4.74. The molecule has 0 spiro atoms. The van der Waals surface area contributed by atoms with Gasteiger partial charge in [0.25, 0.3) is 0 Å². The van der Waals surface area contributed by atoms with Crippen LogP contribution in [-0.2, 0) is 8.85 Å². The molecule has 0 unspecified atom stereocenters. The summed E-state index contributed by atoms with van der Waals surface area (Å²) in [5.74, 6) is 0. The smallest absolute Gasteiger partial charge is 0.361 e. The molecule has 88 valence electrons. The van der Waals surface area contributed by atoms with E-state index in [9.17, 15) is 0 Å². The fourth-order valence-corrected chi connectivity index (χ4v) is 3.44. The van der Waals surface area contributed by atoms with Crippen molar-refractivity contribution in [3.05, 3.63) is 41.6 Å². The van der Waals surface area contributed by atoms with E-state index in [1.165, 1.54) is 5.56 Å². The largest absolute Gasteiger partial charge is 0.392 e. The highest BCUT2D eigenvalue weighted by Crippen LogP contribution is 2.12. The van der Waals surface area contributed by atoms with E-state index < -0.39 is 8.56 Å². The molecule has 16 heavy (non-hydrogen) atoms. The lowest BCUT2D eigenvalue weighted by Crippen LogP contribution is -2.36. The van der Waals surface area contributed by atoms with Crippen LogP contribution in [0.4, 0.5) is 0 Å². The molecule has 2 nitrogen and oxygen atoms in total. The molecule has 3 heteroatoms. The highest BCUT2D eigenvalue weighted by molar-refractivity contribution is 6.72. The quantitative estimate of drug-likeness (QED) is 0.705. The maximum atomic E-state index is 5.72. The second-order valence-corrected chi connectivity index (χ2v) is 6.57. The van der Waals surface area contributed by atoms with Crippen LogP contribution in [0.5, 0.6) is 0 Å². The van der Waals surface area contributed by atoms with Crippen molar-refractivity contribution in [2.45, 2.75) is 20.4 Å². The number of rotatable bonds is 6. The molecule has 0 radical (unpaired) electrons. The van der Waals surface area contributed by atoms with Crippen molar-refractivity contribution < 1.29 is 8.85 Å². The molecule has 1 aromatic rings. The Morgan fingerprint density at radius 2 is 1.62 bits per heavy atom. The summed E-state index contributed by atoms with van der Waals surface area (Å²) >= 11 is 0. The number of benzene rings is 1. The first-order valence-electron chi connectivity index (χ1n) is 5.72. The van der Waals surface area contributed by atoms with E-state index in [0.29, 0.717) is 13.2 Å². The van der Waals surface area contributed by atoms with Gasteiger partial charge in [0.2, 0.25) is 0 Å². The zero-order chi connectivity index (χ0) is 11.9. The molecule has 0 N–H and O–H groups in total. The van der Waals surface area contributed by atoms with E-state index in [0.717, 1.165) is 0 Å². The van der Waals surface area contributed by atoms with Gasteiger partial charge in [-0.3, -0.25) is 0 Å². The second kappa shape index (κ2) is 6.63. The zero-order valence-electron chi connectivity index (χ0n) is 10.3. The third-order valence-electron chi connectivity index (χ3n) is 2.24. The summed E-state index contributed by atoms with van der Waals surface area (Å²) in [5, 5.41) is 0. The van der Waals surface area contributed by atoms with Crippen LogP contribution in [0.1, 0.15) is 19.4 Å². The van der Waals surface area contributed by atoms with E-state index in [-0.39, 0.29) is 0 Å². The summed E-state index contributed by atoms with van der Waals surface area (Å²) in [5.41, 5.74) is 3.27.